The van der Waals surface area contributed by atoms with E-state index >= 15 is 0 Å². The molecule has 3 heterocycles. The van der Waals surface area contributed by atoms with Gasteiger partial charge in [0.1, 0.15) is 11.2 Å². The molecule has 60 heavy (non-hydrogen) atoms. The molecule has 0 bridgehead atoms. The Kier molecular flexibility index (Phi) is 7.78. The molecule has 0 saturated carbocycles. The zero-order valence-electron chi connectivity index (χ0n) is 32.3. The summed E-state index contributed by atoms with van der Waals surface area (Å²) in [6.45, 7) is 0. The highest BCUT2D eigenvalue weighted by Gasteiger charge is 2.23. The molecule has 0 aliphatic carbocycles. The van der Waals surface area contributed by atoms with Crippen LogP contribution in [-0.4, -0.2) is 19.5 Å². The third kappa shape index (κ3) is 5.44. The fraction of sp³-hybridized carbons (Fsp3) is 0. The van der Waals surface area contributed by atoms with Gasteiger partial charge in [-0.3, -0.25) is 0 Å². The lowest BCUT2D eigenvalue weighted by Crippen LogP contribution is -2.00. The van der Waals surface area contributed by atoms with Crippen LogP contribution in [0.2, 0.25) is 0 Å². The normalized spacial score (nSPS) is 11.7. The maximum atomic E-state index is 7.07. The zero-order valence-corrected chi connectivity index (χ0v) is 32.3. The lowest BCUT2D eigenvalue weighted by Gasteiger charge is -2.14. The molecule has 12 aromatic rings. The predicted molar refractivity (Wildman–Crippen MR) is 246 cm³/mol. The average Bonchev–Trinajstić information content (AvgIpc) is 3.88. The Balaban J connectivity index is 1.14. The summed E-state index contributed by atoms with van der Waals surface area (Å²) in [6, 6.07) is 72.1. The van der Waals surface area contributed by atoms with Gasteiger partial charge < -0.3 is 8.98 Å². The summed E-state index contributed by atoms with van der Waals surface area (Å²) in [5.74, 6) is 1.81. The van der Waals surface area contributed by atoms with E-state index in [9.17, 15) is 0 Å². The van der Waals surface area contributed by atoms with Gasteiger partial charge in [-0.25, -0.2) is 15.0 Å². The number of fused-ring (bicyclic) bond motifs is 8. The van der Waals surface area contributed by atoms with E-state index in [4.69, 9.17) is 19.4 Å². The molecule has 12 rings (SSSR count). The predicted octanol–water partition coefficient (Wildman–Crippen LogP) is 14.4. The van der Waals surface area contributed by atoms with Crippen molar-refractivity contribution >= 4 is 54.5 Å². The molecule has 280 valence electrons. The SMILES string of the molecule is c1ccc(-c2nc(-c3ccccc3)nc(-c3ccc4c(c3)oc3c(-c5ccccc5)ccc(-n5c6ccccc6c6c7ccccc7c(-c7ccccc7)cc65)c34)n2)cc1. The molecule has 5 nitrogen and oxygen atoms in total. The minimum Gasteiger partial charge on any atom is -0.455 e. The van der Waals surface area contributed by atoms with Crippen molar-refractivity contribution in [2.24, 2.45) is 0 Å². The lowest BCUT2D eigenvalue weighted by molar-refractivity contribution is 0.670. The van der Waals surface area contributed by atoms with Crippen molar-refractivity contribution in [1.82, 2.24) is 19.5 Å². The van der Waals surface area contributed by atoms with Gasteiger partial charge in [-0.2, -0.15) is 0 Å². The van der Waals surface area contributed by atoms with Crippen LogP contribution in [0.4, 0.5) is 0 Å². The molecule has 0 saturated heterocycles. The average molecular weight is 767 g/mol. The van der Waals surface area contributed by atoms with Crippen molar-refractivity contribution in [1.29, 1.82) is 0 Å². The van der Waals surface area contributed by atoms with Gasteiger partial charge >= 0.3 is 0 Å². The first-order chi connectivity index (χ1) is 29.8. The Hall–Kier alpha value is -8.15. The summed E-state index contributed by atoms with van der Waals surface area (Å²) >= 11 is 0. The number of aromatic nitrogens is 4. The van der Waals surface area contributed by atoms with E-state index < -0.39 is 0 Å². The van der Waals surface area contributed by atoms with Gasteiger partial charge in [-0.1, -0.05) is 170 Å². The third-order valence-electron chi connectivity index (χ3n) is 11.6. The maximum absolute atomic E-state index is 7.07. The van der Waals surface area contributed by atoms with Crippen LogP contribution in [0.15, 0.2) is 211 Å². The van der Waals surface area contributed by atoms with E-state index in [1.165, 1.54) is 32.7 Å². The van der Waals surface area contributed by atoms with E-state index in [1.54, 1.807) is 0 Å². The second-order valence-corrected chi connectivity index (χ2v) is 15.1. The highest BCUT2D eigenvalue weighted by molar-refractivity contribution is 6.25. The first kappa shape index (κ1) is 33.9. The largest absolute Gasteiger partial charge is 0.455 e. The van der Waals surface area contributed by atoms with Crippen LogP contribution in [0.3, 0.4) is 0 Å². The van der Waals surface area contributed by atoms with E-state index in [0.717, 1.165) is 66.5 Å². The smallest absolute Gasteiger partial charge is 0.164 e. The molecule has 3 aromatic heterocycles. The van der Waals surface area contributed by atoms with Crippen LogP contribution in [0.25, 0.3) is 117 Å². The van der Waals surface area contributed by atoms with Crippen molar-refractivity contribution < 1.29 is 4.42 Å². The van der Waals surface area contributed by atoms with Crippen LogP contribution in [0.1, 0.15) is 0 Å². The van der Waals surface area contributed by atoms with E-state index in [1.807, 2.05) is 60.7 Å². The molecular formula is C55H34N4O. The van der Waals surface area contributed by atoms with Gasteiger partial charge in [-0.15, -0.1) is 0 Å². The van der Waals surface area contributed by atoms with E-state index in [2.05, 4.69) is 150 Å². The summed E-state index contributed by atoms with van der Waals surface area (Å²) < 4.78 is 9.51. The molecular weight excluding hydrogens is 733 g/mol. The van der Waals surface area contributed by atoms with Gasteiger partial charge in [0.2, 0.25) is 0 Å². The van der Waals surface area contributed by atoms with Crippen LogP contribution in [-0.2, 0) is 0 Å². The first-order valence-corrected chi connectivity index (χ1v) is 20.2. The van der Waals surface area contributed by atoms with Crippen molar-refractivity contribution in [2.45, 2.75) is 0 Å². The van der Waals surface area contributed by atoms with Crippen LogP contribution in [0.5, 0.6) is 0 Å². The maximum Gasteiger partial charge on any atom is 0.164 e. The van der Waals surface area contributed by atoms with Crippen LogP contribution >= 0.6 is 0 Å². The summed E-state index contributed by atoms with van der Waals surface area (Å²) in [5, 5.41) is 6.95. The fourth-order valence-corrected chi connectivity index (χ4v) is 8.92. The second-order valence-electron chi connectivity index (χ2n) is 15.1. The van der Waals surface area contributed by atoms with Crippen molar-refractivity contribution in [3.8, 4) is 62.1 Å². The molecule has 0 amide bonds. The first-order valence-electron chi connectivity index (χ1n) is 20.2. The number of hydrogen-bond donors (Lipinski definition) is 0. The molecule has 0 aliphatic rings. The highest BCUT2D eigenvalue weighted by Crippen LogP contribution is 2.46. The zero-order chi connectivity index (χ0) is 39.6. The van der Waals surface area contributed by atoms with Crippen molar-refractivity contribution in [3.05, 3.63) is 206 Å². The van der Waals surface area contributed by atoms with Gasteiger partial charge in [0.25, 0.3) is 0 Å². The lowest BCUT2D eigenvalue weighted by atomic mass is 9.95. The molecule has 0 fully saturated rings. The third-order valence-corrected chi connectivity index (χ3v) is 11.6. The molecule has 0 radical (unpaired) electrons. The number of hydrogen-bond acceptors (Lipinski definition) is 4. The highest BCUT2D eigenvalue weighted by atomic mass is 16.3. The molecule has 0 spiro atoms. The monoisotopic (exact) mass is 766 g/mol. The Morgan fingerprint density at radius 2 is 0.850 bits per heavy atom. The van der Waals surface area contributed by atoms with E-state index in [-0.39, 0.29) is 0 Å². The van der Waals surface area contributed by atoms with Crippen molar-refractivity contribution in [3.63, 3.8) is 0 Å². The molecule has 0 unspecified atom stereocenters. The summed E-state index contributed by atoms with van der Waals surface area (Å²) in [4.78, 5) is 15.0. The minimum atomic E-state index is 0.580. The molecule has 9 aromatic carbocycles. The van der Waals surface area contributed by atoms with Gasteiger partial charge in [0.15, 0.2) is 17.5 Å². The van der Waals surface area contributed by atoms with Crippen LogP contribution < -0.4 is 0 Å². The summed E-state index contributed by atoms with van der Waals surface area (Å²) in [6.07, 6.45) is 0. The number of para-hydroxylation sites is 1. The minimum absolute atomic E-state index is 0.580. The standard InChI is InChI=1S/C55H34N4O/c1-5-17-35(18-6-1)40-31-32-47(59-46-28-16-15-27-43(46)50-42-26-14-13-25-41(42)45(34-48(50)59)36-19-7-2-8-20-36)51-44-30-29-39(33-49(44)60-52(40)51)55-57-53(37-21-9-3-10-22-37)56-54(58-55)38-23-11-4-12-24-38/h1-34H. The summed E-state index contributed by atoms with van der Waals surface area (Å²) in [5.41, 5.74) is 12.1. The molecule has 0 N–H and O–H groups in total. The topological polar surface area (TPSA) is 56.7 Å². The second kappa shape index (κ2) is 13.8. The number of benzene rings is 9. The van der Waals surface area contributed by atoms with Gasteiger partial charge in [0, 0.05) is 38.4 Å². The fourth-order valence-electron chi connectivity index (χ4n) is 8.92. The Bertz CT molecular complexity index is 3520. The molecule has 0 atom stereocenters. The Labute approximate surface area is 345 Å². The van der Waals surface area contributed by atoms with Gasteiger partial charge in [0.05, 0.1) is 22.1 Å². The van der Waals surface area contributed by atoms with Gasteiger partial charge in [-0.05, 0) is 63.9 Å². The quantitative estimate of drug-likeness (QED) is 0.169. The molecule has 0 aliphatic heterocycles. The summed E-state index contributed by atoms with van der Waals surface area (Å²) in [7, 11) is 0. The molecule has 5 heteroatoms. The Morgan fingerprint density at radius 1 is 0.333 bits per heavy atom. The number of furan rings is 1. The van der Waals surface area contributed by atoms with E-state index in [0.29, 0.717) is 17.5 Å². The number of rotatable bonds is 6. The number of nitrogens with zero attached hydrogens (tertiary/aromatic N) is 4. The van der Waals surface area contributed by atoms with Crippen molar-refractivity contribution in [2.75, 3.05) is 0 Å². The Morgan fingerprint density at radius 3 is 1.48 bits per heavy atom. The van der Waals surface area contributed by atoms with Crippen LogP contribution in [0, 0.1) is 0 Å².